The summed E-state index contributed by atoms with van der Waals surface area (Å²) in [5, 5.41) is 0. The SMILES string of the molecule is CCCOc1ccc(Br)cc1C=Nc1ccc(C)c(C)c1. The van der Waals surface area contributed by atoms with Crippen molar-refractivity contribution in [3.63, 3.8) is 0 Å². The van der Waals surface area contributed by atoms with Crippen LogP contribution in [0.4, 0.5) is 5.69 Å². The molecule has 0 spiro atoms. The second-order valence-corrected chi connectivity index (χ2v) is 5.97. The molecule has 0 amide bonds. The van der Waals surface area contributed by atoms with Gasteiger partial charge in [0.15, 0.2) is 0 Å². The van der Waals surface area contributed by atoms with E-state index in [1.807, 2.05) is 30.5 Å². The Morgan fingerprint density at radius 2 is 1.90 bits per heavy atom. The molecule has 2 rings (SSSR count). The van der Waals surface area contributed by atoms with Crippen molar-refractivity contribution < 1.29 is 4.74 Å². The first-order valence-electron chi connectivity index (χ1n) is 7.14. The van der Waals surface area contributed by atoms with E-state index in [-0.39, 0.29) is 0 Å². The lowest BCUT2D eigenvalue weighted by molar-refractivity contribution is 0.317. The molecule has 3 heteroatoms. The van der Waals surface area contributed by atoms with Crippen LogP contribution in [0.2, 0.25) is 0 Å². The van der Waals surface area contributed by atoms with E-state index in [0.29, 0.717) is 6.61 Å². The molecule has 0 aromatic heterocycles. The van der Waals surface area contributed by atoms with Crippen LogP contribution in [-0.4, -0.2) is 12.8 Å². The maximum absolute atomic E-state index is 5.76. The number of rotatable bonds is 5. The molecule has 2 aromatic carbocycles. The number of hydrogen-bond acceptors (Lipinski definition) is 2. The molecule has 0 radical (unpaired) electrons. The Hall–Kier alpha value is -1.61. The van der Waals surface area contributed by atoms with E-state index in [0.717, 1.165) is 27.9 Å². The molecule has 0 aliphatic carbocycles. The first-order valence-corrected chi connectivity index (χ1v) is 7.93. The standard InChI is InChI=1S/C18H20BrNO/c1-4-9-21-18-8-6-16(19)11-15(18)12-20-17-7-5-13(2)14(3)10-17/h5-8,10-12H,4,9H2,1-3H3. The van der Waals surface area contributed by atoms with E-state index in [1.165, 1.54) is 11.1 Å². The van der Waals surface area contributed by atoms with Crippen molar-refractivity contribution in [3.8, 4) is 5.75 Å². The molecule has 110 valence electrons. The van der Waals surface area contributed by atoms with Crippen LogP contribution in [-0.2, 0) is 0 Å². The van der Waals surface area contributed by atoms with Gasteiger partial charge in [0.1, 0.15) is 5.75 Å². The van der Waals surface area contributed by atoms with Gasteiger partial charge in [-0.3, -0.25) is 4.99 Å². The van der Waals surface area contributed by atoms with E-state index in [2.05, 4.69) is 53.8 Å². The van der Waals surface area contributed by atoms with Crippen molar-refractivity contribution in [2.45, 2.75) is 27.2 Å². The predicted octanol–water partition coefficient (Wildman–Crippen LogP) is 5.61. The van der Waals surface area contributed by atoms with Gasteiger partial charge >= 0.3 is 0 Å². The largest absolute Gasteiger partial charge is 0.493 e. The van der Waals surface area contributed by atoms with E-state index in [9.17, 15) is 0 Å². The lowest BCUT2D eigenvalue weighted by Gasteiger charge is -2.08. The molecular formula is C18H20BrNO. The number of halogens is 1. The van der Waals surface area contributed by atoms with Crippen LogP contribution in [0.5, 0.6) is 5.75 Å². The minimum atomic E-state index is 0.714. The van der Waals surface area contributed by atoms with E-state index >= 15 is 0 Å². The van der Waals surface area contributed by atoms with Crippen molar-refractivity contribution in [3.05, 3.63) is 57.6 Å². The summed E-state index contributed by atoms with van der Waals surface area (Å²) in [4.78, 5) is 4.56. The summed E-state index contributed by atoms with van der Waals surface area (Å²) in [6.45, 7) is 7.02. The van der Waals surface area contributed by atoms with Crippen molar-refractivity contribution in [1.82, 2.24) is 0 Å². The van der Waals surface area contributed by atoms with Gasteiger partial charge in [-0.25, -0.2) is 0 Å². The van der Waals surface area contributed by atoms with Gasteiger partial charge in [-0.1, -0.05) is 28.9 Å². The Morgan fingerprint density at radius 1 is 1.10 bits per heavy atom. The molecule has 2 aromatic rings. The third-order valence-electron chi connectivity index (χ3n) is 3.28. The Morgan fingerprint density at radius 3 is 2.62 bits per heavy atom. The molecule has 2 nitrogen and oxygen atoms in total. The molecule has 0 aliphatic heterocycles. The molecule has 0 saturated heterocycles. The number of ether oxygens (including phenoxy) is 1. The van der Waals surface area contributed by atoms with Crippen molar-refractivity contribution >= 4 is 27.8 Å². The Balaban J connectivity index is 2.26. The van der Waals surface area contributed by atoms with Crippen LogP contribution in [0, 0.1) is 13.8 Å². The van der Waals surface area contributed by atoms with Crippen LogP contribution in [0.1, 0.15) is 30.0 Å². The lowest BCUT2D eigenvalue weighted by atomic mass is 10.1. The van der Waals surface area contributed by atoms with Gasteiger partial charge in [0.05, 0.1) is 12.3 Å². The fourth-order valence-electron chi connectivity index (χ4n) is 1.91. The van der Waals surface area contributed by atoms with Crippen molar-refractivity contribution in [2.24, 2.45) is 4.99 Å². The molecule has 0 saturated carbocycles. The van der Waals surface area contributed by atoms with Crippen LogP contribution in [0.25, 0.3) is 0 Å². The average molecular weight is 346 g/mol. The maximum Gasteiger partial charge on any atom is 0.128 e. The molecule has 0 aliphatic rings. The fraction of sp³-hybridized carbons (Fsp3) is 0.278. The number of nitrogens with zero attached hydrogens (tertiary/aromatic N) is 1. The van der Waals surface area contributed by atoms with Crippen LogP contribution >= 0.6 is 15.9 Å². The zero-order valence-electron chi connectivity index (χ0n) is 12.7. The average Bonchev–Trinajstić information content (AvgIpc) is 2.47. The number of aliphatic imine (C=N–C) groups is 1. The van der Waals surface area contributed by atoms with E-state index in [1.54, 1.807) is 0 Å². The van der Waals surface area contributed by atoms with Crippen LogP contribution in [0.15, 0.2) is 45.9 Å². The maximum atomic E-state index is 5.76. The molecule has 0 fully saturated rings. The van der Waals surface area contributed by atoms with Crippen molar-refractivity contribution in [2.75, 3.05) is 6.61 Å². The minimum Gasteiger partial charge on any atom is -0.493 e. The highest BCUT2D eigenvalue weighted by Crippen LogP contribution is 2.23. The second-order valence-electron chi connectivity index (χ2n) is 5.06. The van der Waals surface area contributed by atoms with Gasteiger partial charge in [-0.2, -0.15) is 0 Å². The third-order valence-corrected chi connectivity index (χ3v) is 3.77. The normalized spacial score (nSPS) is 11.0. The molecule has 0 N–H and O–H groups in total. The summed E-state index contributed by atoms with van der Waals surface area (Å²) >= 11 is 3.49. The molecule has 0 unspecified atom stereocenters. The van der Waals surface area contributed by atoms with Crippen LogP contribution < -0.4 is 4.74 Å². The first kappa shape index (κ1) is 15.8. The highest BCUT2D eigenvalue weighted by atomic mass is 79.9. The smallest absolute Gasteiger partial charge is 0.128 e. The third kappa shape index (κ3) is 4.43. The van der Waals surface area contributed by atoms with Gasteiger partial charge in [0.2, 0.25) is 0 Å². The van der Waals surface area contributed by atoms with E-state index in [4.69, 9.17) is 4.74 Å². The monoisotopic (exact) mass is 345 g/mol. The molecule has 0 atom stereocenters. The lowest BCUT2D eigenvalue weighted by Crippen LogP contribution is -1.98. The minimum absolute atomic E-state index is 0.714. The summed E-state index contributed by atoms with van der Waals surface area (Å²) in [5.74, 6) is 0.868. The van der Waals surface area contributed by atoms with Gasteiger partial charge in [0, 0.05) is 16.3 Å². The molecular weight excluding hydrogens is 326 g/mol. The van der Waals surface area contributed by atoms with Gasteiger partial charge in [-0.05, 0) is 61.7 Å². The number of hydrogen-bond donors (Lipinski definition) is 0. The highest BCUT2D eigenvalue weighted by molar-refractivity contribution is 9.10. The zero-order chi connectivity index (χ0) is 15.2. The summed E-state index contributed by atoms with van der Waals surface area (Å²) < 4.78 is 6.78. The molecule has 0 heterocycles. The van der Waals surface area contributed by atoms with Crippen molar-refractivity contribution in [1.29, 1.82) is 0 Å². The zero-order valence-corrected chi connectivity index (χ0v) is 14.3. The van der Waals surface area contributed by atoms with Gasteiger partial charge < -0.3 is 4.74 Å². The first-order chi connectivity index (χ1) is 10.1. The Kier molecular flexibility index (Phi) is 5.57. The summed E-state index contributed by atoms with van der Waals surface area (Å²) in [6, 6.07) is 12.2. The molecule has 21 heavy (non-hydrogen) atoms. The Bertz CT molecular complexity index is 650. The number of aryl methyl sites for hydroxylation is 2. The van der Waals surface area contributed by atoms with Crippen LogP contribution in [0.3, 0.4) is 0 Å². The topological polar surface area (TPSA) is 21.6 Å². The van der Waals surface area contributed by atoms with Gasteiger partial charge in [-0.15, -0.1) is 0 Å². The van der Waals surface area contributed by atoms with Gasteiger partial charge in [0.25, 0.3) is 0 Å². The summed E-state index contributed by atoms with van der Waals surface area (Å²) in [7, 11) is 0. The second kappa shape index (κ2) is 7.41. The Labute approximate surface area is 135 Å². The number of benzene rings is 2. The summed E-state index contributed by atoms with van der Waals surface area (Å²) in [6.07, 6.45) is 2.85. The predicted molar refractivity (Wildman–Crippen MR) is 93.1 cm³/mol. The molecule has 0 bridgehead atoms. The quantitative estimate of drug-likeness (QED) is 0.645. The van der Waals surface area contributed by atoms with E-state index < -0.39 is 0 Å². The fourth-order valence-corrected chi connectivity index (χ4v) is 2.29. The highest BCUT2D eigenvalue weighted by Gasteiger charge is 2.02. The summed E-state index contributed by atoms with van der Waals surface area (Å²) in [5.41, 5.74) is 4.47.